The van der Waals surface area contributed by atoms with Crippen LogP contribution in [0.5, 0.6) is 5.75 Å². The first kappa shape index (κ1) is 14.5. The summed E-state index contributed by atoms with van der Waals surface area (Å²) in [4.78, 5) is 11.7. The number of ether oxygens (including phenoxy) is 1. The minimum Gasteiger partial charge on any atom is -0.483 e. The summed E-state index contributed by atoms with van der Waals surface area (Å²) in [6.45, 7) is 7.24. The predicted octanol–water partition coefficient (Wildman–Crippen LogP) is 1.57. The van der Waals surface area contributed by atoms with Crippen molar-refractivity contribution in [3.05, 3.63) is 29.3 Å². The quantitative estimate of drug-likeness (QED) is 0.835. The smallest absolute Gasteiger partial charge is 0.258 e. The zero-order valence-electron chi connectivity index (χ0n) is 11.4. The molecule has 0 spiro atoms. The summed E-state index contributed by atoms with van der Waals surface area (Å²) in [5, 5.41) is 11.8. The van der Waals surface area contributed by atoms with Crippen LogP contribution in [0.4, 0.5) is 0 Å². The number of para-hydroxylation sites is 1. The zero-order chi connectivity index (χ0) is 13.8. The van der Waals surface area contributed by atoms with E-state index in [1.165, 1.54) is 0 Å². The zero-order valence-corrected chi connectivity index (χ0v) is 11.4. The fourth-order valence-corrected chi connectivity index (χ4v) is 1.62. The van der Waals surface area contributed by atoms with Gasteiger partial charge in [-0.3, -0.25) is 4.79 Å². The maximum Gasteiger partial charge on any atom is 0.258 e. The topological polar surface area (TPSA) is 58.6 Å². The average Bonchev–Trinajstić information content (AvgIpc) is 2.28. The van der Waals surface area contributed by atoms with Crippen molar-refractivity contribution in [1.82, 2.24) is 5.32 Å². The SMILES string of the molecule is Cc1cccc(C)c1OCC(=O)NC(C)(C)CO. The second-order valence-electron chi connectivity index (χ2n) is 5.10. The summed E-state index contributed by atoms with van der Waals surface area (Å²) in [5.74, 6) is 0.506. The van der Waals surface area contributed by atoms with Crippen LogP contribution in [0.2, 0.25) is 0 Å². The monoisotopic (exact) mass is 251 g/mol. The van der Waals surface area contributed by atoms with Crippen LogP contribution in [0.25, 0.3) is 0 Å². The molecular formula is C14H21NO3. The molecule has 0 radical (unpaired) electrons. The van der Waals surface area contributed by atoms with E-state index in [-0.39, 0.29) is 19.1 Å². The van der Waals surface area contributed by atoms with E-state index >= 15 is 0 Å². The Hall–Kier alpha value is -1.55. The Bertz CT molecular complexity index is 407. The molecule has 1 amide bonds. The second-order valence-corrected chi connectivity index (χ2v) is 5.10. The van der Waals surface area contributed by atoms with Crippen LogP contribution < -0.4 is 10.1 Å². The fourth-order valence-electron chi connectivity index (χ4n) is 1.62. The van der Waals surface area contributed by atoms with Crippen molar-refractivity contribution >= 4 is 5.91 Å². The number of rotatable bonds is 5. The van der Waals surface area contributed by atoms with Gasteiger partial charge in [0.15, 0.2) is 6.61 Å². The Morgan fingerprint density at radius 2 is 1.89 bits per heavy atom. The molecule has 0 heterocycles. The van der Waals surface area contributed by atoms with Crippen LogP contribution in [-0.2, 0) is 4.79 Å². The van der Waals surface area contributed by atoms with E-state index in [4.69, 9.17) is 9.84 Å². The van der Waals surface area contributed by atoms with Gasteiger partial charge in [-0.05, 0) is 38.8 Å². The molecular weight excluding hydrogens is 230 g/mol. The van der Waals surface area contributed by atoms with Gasteiger partial charge in [-0.2, -0.15) is 0 Å². The number of nitrogens with one attached hydrogen (secondary N) is 1. The molecule has 0 aliphatic heterocycles. The largest absolute Gasteiger partial charge is 0.483 e. The van der Waals surface area contributed by atoms with Gasteiger partial charge in [-0.15, -0.1) is 0 Å². The molecule has 0 aromatic heterocycles. The molecule has 4 nitrogen and oxygen atoms in total. The summed E-state index contributed by atoms with van der Waals surface area (Å²) in [6.07, 6.45) is 0. The standard InChI is InChI=1S/C14H21NO3/c1-10-6-5-7-11(2)13(10)18-8-12(17)15-14(3,4)9-16/h5-7,16H,8-9H2,1-4H3,(H,15,17). The van der Waals surface area contributed by atoms with E-state index in [1.54, 1.807) is 13.8 Å². The van der Waals surface area contributed by atoms with Gasteiger partial charge in [0, 0.05) is 0 Å². The summed E-state index contributed by atoms with van der Waals surface area (Å²) >= 11 is 0. The Labute approximate surface area is 108 Å². The molecule has 0 saturated heterocycles. The van der Waals surface area contributed by atoms with E-state index in [9.17, 15) is 4.79 Å². The molecule has 0 aliphatic carbocycles. The molecule has 0 bridgehead atoms. The summed E-state index contributed by atoms with van der Waals surface area (Å²) in [7, 11) is 0. The number of carbonyl (C=O) groups excluding carboxylic acids is 1. The first-order chi connectivity index (χ1) is 8.35. The number of aliphatic hydroxyl groups excluding tert-OH is 1. The second kappa shape index (κ2) is 5.87. The van der Waals surface area contributed by atoms with Gasteiger partial charge in [-0.25, -0.2) is 0 Å². The van der Waals surface area contributed by atoms with Crippen LogP contribution in [-0.4, -0.2) is 29.8 Å². The lowest BCUT2D eigenvalue weighted by Gasteiger charge is -2.23. The van der Waals surface area contributed by atoms with Gasteiger partial charge < -0.3 is 15.2 Å². The Morgan fingerprint density at radius 1 is 1.33 bits per heavy atom. The molecule has 0 aliphatic rings. The molecule has 1 aromatic rings. The number of hydrogen-bond acceptors (Lipinski definition) is 3. The van der Waals surface area contributed by atoms with Crippen molar-refractivity contribution < 1.29 is 14.6 Å². The third-order valence-electron chi connectivity index (χ3n) is 2.63. The van der Waals surface area contributed by atoms with E-state index in [0.717, 1.165) is 16.9 Å². The first-order valence-electron chi connectivity index (χ1n) is 5.96. The average molecular weight is 251 g/mol. The molecule has 100 valence electrons. The number of aliphatic hydroxyl groups is 1. The molecule has 0 saturated carbocycles. The van der Waals surface area contributed by atoms with E-state index in [1.807, 2.05) is 32.0 Å². The van der Waals surface area contributed by atoms with Gasteiger partial charge in [0.25, 0.3) is 5.91 Å². The number of aryl methyl sites for hydroxylation is 2. The minimum absolute atomic E-state index is 0.0465. The highest BCUT2D eigenvalue weighted by Gasteiger charge is 2.19. The summed E-state index contributed by atoms with van der Waals surface area (Å²) in [5.41, 5.74) is 1.38. The van der Waals surface area contributed by atoms with Gasteiger partial charge >= 0.3 is 0 Å². The fraction of sp³-hybridized carbons (Fsp3) is 0.500. The number of carbonyl (C=O) groups is 1. The van der Waals surface area contributed by atoms with Crippen LogP contribution in [0.3, 0.4) is 0 Å². The lowest BCUT2D eigenvalue weighted by molar-refractivity contribution is -0.125. The number of amides is 1. The lowest BCUT2D eigenvalue weighted by atomic mass is 10.1. The van der Waals surface area contributed by atoms with Crippen molar-refractivity contribution in [3.63, 3.8) is 0 Å². The van der Waals surface area contributed by atoms with Crippen LogP contribution in [0.1, 0.15) is 25.0 Å². The summed E-state index contributed by atoms with van der Waals surface area (Å²) in [6, 6.07) is 5.84. The van der Waals surface area contributed by atoms with Crippen molar-refractivity contribution in [3.8, 4) is 5.75 Å². The Morgan fingerprint density at radius 3 is 2.39 bits per heavy atom. The molecule has 0 atom stereocenters. The molecule has 1 rings (SSSR count). The predicted molar refractivity (Wildman–Crippen MR) is 70.7 cm³/mol. The molecule has 1 aromatic carbocycles. The van der Waals surface area contributed by atoms with Crippen molar-refractivity contribution in [2.45, 2.75) is 33.2 Å². The van der Waals surface area contributed by atoms with Gasteiger partial charge in [0.1, 0.15) is 5.75 Å². The Kier molecular flexibility index (Phi) is 4.73. The minimum atomic E-state index is -0.624. The molecule has 18 heavy (non-hydrogen) atoms. The van der Waals surface area contributed by atoms with Crippen molar-refractivity contribution in [2.24, 2.45) is 0 Å². The maximum absolute atomic E-state index is 11.7. The lowest BCUT2D eigenvalue weighted by Crippen LogP contribution is -2.48. The van der Waals surface area contributed by atoms with Crippen LogP contribution in [0, 0.1) is 13.8 Å². The molecule has 0 fully saturated rings. The van der Waals surface area contributed by atoms with E-state index in [2.05, 4.69) is 5.32 Å². The van der Waals surface area contributed by atoms with E-state index in [0.29, 0.717) is 0 Å². The highest BCUT2D eigenvalue weighted by Crippen LogP contribution is 2.22. The molecule has 0 unspecified atom stereocenters. The van der Waals surface area contributed by atoms with Gasteiger partial charge in [0.05, 0.1) is 12.1 Å². The van der Waals surface area contributed by atoms with Gasteiger partial charge in [-0.1, -0.05) is 18.2 Å². The number of hydrogen-bond donors (Lipinski definition) is 2. The molecule has 2 N–H and O–H groups in total. The highest BCUT2D eigenvalue weighted by molar-refractivity contribution is 5.78. The summed E-state index contributed by atoms with van der Waals surface area (Å²) < 4.78 is 5.53. The first-order valence-corrected chi connectivity index (χ1v) is 5.96. The third-order valence-corrected chi connectivity index (χ3v) is 2.63. The highest BCUT2D eigenvalue weighted by atomic mass is 16.5. The van der Waals surface area contributed by atoms with Crippen LogP contribution in [0.15, 0.2) is 18.2 Å². The van der Waals surface area contributed by atoms with Crippen LogP contribution >= 0.6 is 0 Å². The third kappa shape index (κ3) is 4.04. The van der Waals surface area contributed by atoms with E-state index < -0.39 is 5.54 Å². The van der Waals surface area contributed by atoms with Gasteiger partial charge in [0.2, 0.25) is 0 Å². The molecule has 4 heteroatoms. The van der Waals surface area contributed by atoms with Crippen molar-refractivity contribution in [1.29, 1.82) is 0 Å². The van der Waals surface area contributed by atoms with Crippen molar-refractivity contribution in [2.75, 3.05) is 13.2 Å². The number of benzene rings is 1. The normalized spacial score (nSPS) is 11.2. The maximum atomic E-state index is 11.7. The Balaban J connectivity index is 2.58.